The van der Waals surface area contributed by atoms with Crippen LogP contribution in [0.5, 0.6) is 0 Å². The molecule has 0 bridgehead atoms. The highest BCUT2D eigenvalue weighted by Crippen LogP contribution is 2.22. The minimum absolute atomic E-state index is 0.0442. The second-order valence-corrected chi connectivity index (χ2v) is 4.77. The molecule has 0 radical (unpaired) electrons. The van der Waals surface area contributed by atoms with Gasteiger partial charge in [0.1, 0.15) is 11.6 Å². The lowest BCUT2D eigenvalue weighted by molar-refractivity contribution is 0.541. The summed E-state index contributed by atoms with van der Waals surface area (Å²) in [6, 6.07) is 11.0. The van der Waals surface area contributed by atoms with Crippen molar-refractivity contribution >= 4 is 11.6 Å². The van der Waals surface area contributed by atoms with Crippen molar-refractivity contribution in [3.05, 3.63) is 70.2 Å². The molecule has 0 heterocycles. The van der Waals surface area contributed by atoms with Crippen LogP contribution in [0.2, 0.25) is 5.02 Å². The van der Waals surface area contributed by atoms with Crippen LogP contribution >= 0.6 is 11.6 Å². The van der Waals surface area contributed by atoms with Gasteiger partial charge in [0.25, 0.3) is 0 Å². The van der Waals surface area contributed by atoms with E-state index in [4.69, 9.17) is 11.6 Å². The molecule has 2 rings (SSSR count). The quantitative estimate of drug-likeness (QED) is 0.889. The van der Waals surface area contributed by atoms with Crippen molar-refractivity contribution in [1.82, 2.24) is 5.32 Å². The molecule has 0 aliphatic heterocycles. The summed E-state index contributed by atoms with van der Waals surface area (Å²) in [5.74, 6) is -1.08. The fraction of sp³-hybridized carbons (Fsp3) is 0.200. The molecular formula is C15H14ClF2N. The Morgan fingerprint density at radius 3 is 2.37 bits per heavy atom. The molecule has 0 saturated carbocycles. The van der Waals surface area contributed by atoms with Gasteiger partial charge in [0.15, 0.2) is 0 Å². The third kappa shape index (κ3) is 3.52. The fourth-order valence-electron chi connectivity index (χ4n) is 1.99. The lowest BCUT2D eigenvalue weighted by Crippen LogP contribution is -2.19. The lowest BCUT2D eigenvalue weighted by Gasteiger charge is -2.17. The maximum absolute atomic E-state index is 13.6. The van der Waals surface area contributed by atoms with E-state index in [1.54, 1.807) is 19.2 Å². The van der Waals surface area contributed by atoms with Crippen LogP contribution in [-0.4, -0.2) is 7.05 Å². The molecule has 4 heteroatoms. The van der Waals surface area contributed by atoms with Gasteiger partial charge in [0, 0.05) is 17.1 Å². The summed E-state index contributed by atoms with van der Waals surface area (Å²) in [5, 5.41) is 3.78. The molecule has 19 heavy (non-hydrogen) atoms. The van der Waals surface area contributed by atoms with Crippen LogP contribution in [0.1, 0.15) is 17.2 Å². The van der Waals surface area contributed by atoms with E-state index in [-0.39, 0.29) is 6.04 Å². The van der Waals surface area contributed by atoms with E-state index in [0.717, 1.165) is 11.6 Å². The third-order valence-corrected chi connectivity index (χ3v) is 3.31. The molecule has 0 aliphatic carbocycles. The van der Waals surface area contributed by atoms with E-state index in [9.17, 15) is 8.78 Å². The first-order valence-corrected chi connectivity index (χ1v) is 6.34. The Labute approximate surface area is 116 Å². The van der Waals surface area contributed by atoms with Crippen LogP contribution in [0.25, 0.3) is 0 Å². The van der Waals surface area contributed by atoms with E-state index >= 15 is 0 Å². The molecule has 0 saturated heterocycles. The van der Waals surface area contributed by atoms with E-state index in [1.807, 2.05) is 12.1 Å². The van der Waals surface area contributed by atoms with Crippen molar-refractivity contribution < 1.29 is 8.78 Å². The number of hydrogen-bond acceptors (Lipinski definition) is 1. The summed E-state index contributed by atoms with van der Waals surface area (Å²) < 4.78 is 26.5. The number of rotatable bonds is 4. The summed E-state index contributed by atoms with van der Waals surface area (Å²) in [6.07, 6.45) is 0.449. The minimum Gasteiger partial charge on any atom is -0.313 e. The average Bonchev–Trinajstić information content (AvgIpc) is 2.39. The van der Waals surface area contributed by atoms with Crippen LogP contribution in [0.3, 0.4) is 0 Å². The Morgan fingerprint density at radius 1 is 1.11 bits per heavy atom. The van der Waals surface area contributed by atoms with E-state index in [2.05, 4.69) is 5.32 Å². The Bertz CT molecular complexity index is 555. The van der Waals surface area contributed by atoms with Crippen molar-refractivity contribution in [2.75, 3.05) is 7.05 Å². The molecule has 1 atom stereocenters. The summed E-state index contributed by atoms with van der Waals surface area (Å²) >= 11 is 5.84. The SMILES string of the molecule is CNC(Cc1ccc(F)cc1F)c1ccc(Cl)cc1. The number of halogens is 3. The average molecular weight is 282 g/mol. The highest BCUT2D eigenvalue weighted by Gasteiger charge is 2.13. The van der Waals surface area contributed by atoms with Gasteiger partial charge in [-0.25, -0.2) is 8.78 Å². The second-order valence-electron chi connectivity index (χ2n) is 4.33. The Balaban J connectivity index is 2.21. The first-order valence-electron chi connectivity index (χ1n) is 5.97. The molecule has 1 N–H and O–H groups in total. The van der Waals surface area contributed by atoms with Crippen LogP contribution in [-0.2, 0) is 6.42 Å². The fourth-order valence-corrected chi connectivity index (χ4v) is 2.11. The predicted octanol–water partition coefficient (Wildman–Crippen LogP) is 4.12. The van der Waals surface area contributed by atoms with Gasteiger partial charge in [0.05, 0.1) is 0 Å². The number of likely N-dealkylation sites (N-methyl/N-ethyl adjacent to an activating group) is 1. The largest absolute Gasteiger partial charge is 0.313 e. The van der Waals surface area contributed by atoms with Gasteiger partial charge in [-0.1, -0.05) is 29.8 Å². The standard InChI is InChI=1S/C15H14ClF2N/c1-19-15(10-2-5-12(16)6-3-10)8-11-4-7-13(17)9-14(11)18/h2-7,9,15,19H,8H2,1H3. The summed E-state index contributed by atoms with van der Waals surface area (Å²) in [6.45, 7) is 0. The van der Waals surface area contributed by atoms with Crippen molar-refractivity contribution in [3.8, 4) is 0 Å². The summed E-state index contributed by atoms with van der Waals surface area (Å²) in [5.41, 5.74) is 1.49. The van der Waals surface area contributed by atoms with Crippen molar-refractivity contribution in [3.63, 3.8) is 0 Å². The topological polar surface area (TPSA) is 12.0 Å². The number of benzene rings is 2. The Morgan fingerprint density at radius 2 is 1.79 bits per heavy atom. The van der Waals surface area contributed by atoms with Gasteiger partial charge >= 0.3 is 0 Å². The van der Waals surface area contributed by atoms with E-state index < -0.39 is 11.6 Å². The molecule has 0 aliphatic rings. The van der Waals surface area contributed by atoms with Gasteiger partial charge in [-0.2, -0.15) is 0 Å². The Hall–Kier alpha value is -1.45. The summed E-state index contributed by atoms with van der Waals surface area (Å²) in [7, 11) is 1.81. The molecule has 2 aromatic rings. The molecule has 1 unspecified atom stereocenters. The predicted molar refractivity (Wildman–Crippen MR) is 73.3 cm³/mol. The third-order valence-electron chi connectivity index (χ3n) is 3.06. The van der Waals surface area contributed by atoms with Crippen molar-refractivity contribution in [2.45, 2.75) is 12.5 Å². The maximum atomic E-state index is 13.6. The lowest BCUT2D eigenvalue weighted by atomic mass is 9.98. The molecule has 0 fully saturated rings. The maximum Gasteiger partial charge on any atom is 0.129 e. The molecule has 0 amide bonds. The van der Waals surface area contributed by atoms with E-state index in [1.165, 1.54) is 12.1 Å². The molecule has 1 nitrogen and oxygen atoms in total. The molecule has 0 aromatic heterocycles. The highest BCUT2D eigenvalue weighted by atomic mass is 35.5. The van der Waals surface area contributed by atoms with E-state index in [0.29, 0.717) is 17.0 Å². The Kier molecular flexibility index (Phi) is 4.51. The minimum atomic E-state index is -0.561. The number of hydrogen-bond donors (Lipinski definition) is 1. The van der Waals surface area contributed by atoms with Crippen molar-refractivity contribution in [2.24, 2.45) is 0 Å². The van der Waals surface area contributed by atoms with Crippen LogP contribution < -0.4 is 5.32 Å². The monoisotopic (exact) mass is 281 g/mol. The zero-order valence-corrected chi connectivity index (χ0v) is 11.2. The van der Waals surface area contributed by atoms with Crippen LogP contribution in [0.4, 0.5) is 8.78 Å². The zero-order chi connectivity index (χ0) is 13.8. The second kappa shape index (κ2) is 6.13. The smallest absolute Gasteiger partial charge is 0.129 e. The molecular weight excluding hydrogens is 268 g/mol. The van der Waals surface area contributed by atoms with Crippen molar-refractivity contribution in [1.29, 1.82) is 0 Å². The van der Waals surface area contributed by atoms with Crippen LogP contribution in [0, 0.1) is 11.6 Å². The highest BCUT2D eigenvalue weighted by molar-refractivity contribution is 6.30. The van der Waals surface area contributed by atoms with Gasteiger partial charge < -0.3 is 5.32 Å². The molecule has 0 spiro atoms. The first kappa shape index (κ1) is 14.0. The first-order chi connectivity index (χ1) is 9.10. The molecule has 2 aromatic carbocycles. The normalized spacial score (nSPS) is 12.4. The van der Waals surface area contributed by atoms with Crippen LogP contribution in [0.15, 0.2) is 42.5 Å². The van der Waals surface area contributed by atoms with Gasteiger partial charge in [-0.05, 0) is 42.8 Å². The van der Waals surface area contributed by atoms with Gasteiger partial charge in [0.2, 0.25) is 0 Å². The molecule has 100 valence electrons. The summed E-state index contributed by atoms with van der Waals surface area (Å²) in [4.78, 5) is 0. The number of nitrogens with one attached hydrogen (secondary N) is 1. The zero-order valence-electron chi connectivity index (χ0n) is 10.5. The van der Waals surface area contributed by atoms with Gasteiger partial charge in [-0.3, -0.25) is 0 Å². The van der Waals surface area contributed by atoms with Gasteiger partial charge in [-0.15, -0.1) is 0 Å².